The first-order valence-corrected chi connectivity index (χ1v) is 13.1. The third-order valence-corrected chi connectivity index (χ3v) is 7.97. The molecule has 0 nitrogen and oxygen atoms in total. The highest BCUT2D eigenvalue weighted by Crippen LogP contribution is 2.33. The van der Waals surface area contributed by atoms with Crippen LogP contribution in [0.5, 0.6) is 0 Å². The maximum absolute atomic E-state index is 9.50. The molecule has 0 aliphatic heterocycles. The van der Waals surface area contributed by atoms with E-state index in [1.54, 1.807) is 0 Å². The average molecular weight is 457 g/mol. The monoisotopic (exact) mass is 456 g/mol. The second-order valence-corrected chi connectivity index (χ2v) is 10.2. The summed E-state index contributed by atoms with van der Waals surface area (Å²) in [5.41, 5.74) is 5.77. The molecule has 2 aliphatic carbocycles. The highest BCUT2D eigenvalue weighted by Gasteiger charge is 2.20. The van der Waals surface area contributed by atoms with Crippen LogP contribution >= 0.6 is 0 Å². The zero-order chi connectivity index (χ0) is 24.1. The summed E-state index contributed by atoms with van der Waals surface area (Å²) in [5, 5.41) is 0. The van der Waals surface area contributed by atoms with Gasteiger partial charge in [0.1, 0.15) is 0 Å². The zero-order valence-electron chi connectivity index (χ0n) is 21.5. The fourth-order valence-electron chi connectivity index (χ4n) is 5.71. The summed E-state index contributed by atoms with van der Waals surface area (Å²) in [4.78, 5) is 0. The van der Waals surface area contributed by atoms with E-state index in [1.165, 1.54) is 92.9 Å². The first-order valence-electron chi connectivity index (χ1n) is 13.1. The molecule has 2 fully saturated rings. The summed E-state index contributed by atoms with van der Waals surface area (Å²) in [6.07, 6.45) is 15.4. The van der Waals surface area contributed by atoms with E-state index < -0.39 is 0 Å². The molecular formula is C31H46F2. The molecule has 0 amide bonds. The molecule has 0 bridgehead atoms. The van der Waals surface area contributed by atoms with Crippen molar-refractivity contribution in [3.8, 4) is 11.1 Å². The summed E-state index contributed by atoms with van der Waals surface area (Å²) >= 11 is 0. The molecule has 0 unspecified atom stereocenters. The van der Waals surface area contributed by atoms with Gasteiger partial charge in [-0.3, -0.25) is 8.78 Å². The van der Waals surface area contributed by atoms with E-state index in [-0.39, 0.29) is 0 Å². The van der Waals surface area contributed by atoms with Crippen LogP contribution < -0.4 is 0 Å². The van der Waals surface area contributed by atoms with Crippen LogP contribution in [0, 0.1) is 23.7 Å². The van der Waals surface area contributed by atoms with E-state index in [0.29, 0.717) is 14.4 Å². The molecule has 2 aromatic rings. The molecule has 184 valence electrons. The normalized spacial score (nSPS) is 24.7. The van der Waals surface area contributed by atoms with Gasteiger partial charge in [-0.25, -0.2) is 0 Å². The van der Waals surface area contributed by atoms with Gasteiger partial charge < -0.3 is 0 Å². The van der Waals surface area contributed by atoms with Crippen LogP contribution in [0.1, 0.15) is 82.8 Å². The summed E-state index contributed by atoms with van der Waals surface area (Å²) in [6, 6.07) is 18.8. The second kappa shape index (κ2) is 15.3. The minimum absolute atomic E-state index is 0.500. The van der Waals surface area contributed by atoms with Gasteiger partial charge in [0.25, 0.3) is 0 Å². The molecule has 4 rings (SSSR count). The summed E-state index contributed by atoms with van der Waals surface area (Å²) < 4.78 is 19.0. The van der Waals surface area contributed by atoms with Crippen molar-refractivity contribution in [2.75, 3.05) is 14.4 Å². The Morgan fingerprint density at radius 2 is 0.879 bits per heavy atom. The van der Waals surface area contributed by atoms with E-state index in [2.05, 4.69) is 62.4 Å². The van der Waals surface area contributed by atoms with Gasteiger partial charge in [-0.2, -0.15) is 0 Å². The molecule has 0 spiro atoms. The van der Waals surface area contributed by atoms with E-state index >= 15 is 0 Å². The maximum Gasteiger partial charge on any atom is 0.0785 e. The van der Waals surface area contributed by atoms with E-state index in [4.69, 9.17) is 0 Å². The van der Waals surface area contributed by atoms with Crippen LogP contribution in [0.3, 0.4) is 0 Å². The first-order chi connectivity index (χ1) is 16.2. The Balaban J connectivity index is 0.000000914. The van der Waals surface area contributed by atoms with Crippen LogP contribution in [0.4, 0.5) is 8.78 Å². The molecule has 0 N–H and O–H groups in total. The highest BCUT2D eigenvalue weighted by molar-refractivity contribution is 5.64. The van der Waals surface area contributed by atoms with Gasteiger partial charge in [-0.05, 0) is 84.5 Å². The van der Waals surface area contributed by atoms with Crippen molar-refractivity contribution in [3.05, 3.63) is 59.7 Å². The molecular weight excluding hydrogens is 410 g/mol. The standard InChI is InChI=1S/C29H40.2CH3F/c1-3-23-8-10-25(11-9-23)21-27-14-18-29(19-15-27)28-16-12-26(13-17-28)20-24-6-4-22(2)5-7-24;2*1-2/h12-19,22-25H,3-11,20-21H2,1-2H3;2*1H3. The van der Waals surface area contributed by atoms with Crippen molar-refractivity contribution in [2.24, 2.45) is 23.7 Å². The molecule has 0 aromatic heterocycles. The van der Waals surface area contributed by atoms with Crippen LogP contribution in [0.25, 0.3) is 11.1 Å². The minimum atomic E-state index is 0.500. The molecule has 0 radical (unpaired) electrons. The molecule has 2 aromatic carbocycles. The van der Waals surface area contributed by atoms with Crippen LogP contribution in [0.2, 0.25) is 0 Å². The summed E-state index contributed by atoms with van der Waals surface area (Å²) in [6.45, 7) is 4.76. The van der Waals surface area contributed by atoms with E-state index in [1.807, 2.05) is 0 Å². The Morgan fingerprint density at radius 3 is 1.24 bits per heavy atom. The minimum Gasteiger partial charge on any atom is -0.255 e. The van der Waals surface area contributed by atoms with Crippen LogP contribution in [-0.2, 0) is 12.8 Å². The third-order valence-electron chi connectivity index (χ3n) is 7.97. The van der Waals surface area contributed by atoms with E-state index in [0.717, 1.165) is 23.7 Å². The molecule has 0 heterocycles. The SMILES string of the molecule is CCC1CCC(Cc2ccc(-c3ccc(CC4CCC(C)CC4)cc3)cc2)CC1.CF.CF. The smallest absolute Gasteiger partial charge is 0.0785 e. The topological polar surface area (TPSA) is 0 Å². The van der Waals surface area contributed by atoms with Gasteiger partial charge in [0.2, 0.25) is 0 Å². The maximum atomic E-state index is 9.50. The van der Waals surface area contributed by atoms with Crippen molar-refractivity contribution in [2.45, 2.75) is 84.5 Å². The highest BCUT2D eigenvalue weighted by atomic mass is 19.1. The van der Waals surface area contributed by atoms with Gasteiger partial charge in [0.05, 0.1) is 14.4 Å². The Bertz CT molecular complexity index is 733. The van der Waals surface area contributed by atoms with Crippen molar-refractivity contribution in [3.63, 3.8) is 0 Å². The van der Waals surface area contributed by atoms with Gasteiger partial charge in [-0.1, -0.05) is 94.5 Å². The largest absolute Gasteiger partial charge is 0.255 e. The van der Waals surface area contributed by atoms with Crippen molar-refractivity contribution >= 4 is 0 Å². The zero-order valence-corrected chi connectivity index (χ0v) is 21.5. The molecule has 33 heavy (non-hydrogen) atoms. The quantitative estimate of drug-likeness (QED) is 0.406. The number of benzene rings is 2. The number of hydrogen-bond donors (Lipinski definition) is 0. The Kier molecular flexibility index (Phi) is 12.7. The van der Waals surface area contributed by atoms with Crippen molar-refractivity contribution in [1.29, 1.82) is 0 Å². The lowest BCUT2D eigenvalue weighted by atomic mass is 9.78. The van der Waals surface area contributed by atoms with Crippen molar-refractivity contribution in [1.82, 2.24) is 0 Å². The molecule has 2 heteroatoms. The van der Waals surface area contributed by atoms with Gasteiger partial charge >= 0.3 is 0 Å². The fourth-order valence-corrected chi connectivity index (χ4v) is 5.71. The molecule has 2 saturated carbocycles. The van der Waals surface area contributed by atoms with Gasteiger partial charge in [-0.15, -0.1) is 0 Å². The Morgan fingerprint density at radius 1 is 0.545 bits per heavy atom. The molecule has 2 aliphatic rings. The van der Waals surface area contributed by atoms with Crippen molar-refractivity contribution < 1.29 is 8.78 Å². The first kappa shape index (κ1) is 27.5. The summed E-state index contributed by atoms with van der Waals surface area (Å²) in [7, 11) is 1.00. The molecule has 0 saturated heterocycles. The Labute approximate surface area is 202 Å². The lowest BCUT2D eigenvalue weighted by Gasteiger charge is -2.27. The Hall–Kier alpha value is -1.70. The lowest BCUT2D eigenvalue weighted by Crippen LogP contribution is -2.15. The molecule has 0 atom stereocenters. The van der Waals surface area contributed by atoms with Crippen LogP contribution in [0.15, 0.2) is 48.5 Å². The number of hydrogen-bond acceptors (Lipinski definition) is 0. The van der Waals surface area contributed by atoms with Crippen LogP contribution in [-0.4, -0.2) is 14.4 Å². The van der Waals surface area contributed by atoms with E-state index in [9.17, 15) is 8.78 Å². The number of rotatable bonds is 6. The number of alkyl halides is 2. The third kappa shape index (κ3) is 8.87. The summed E-state index contributed by atoms with van der Waals surface area (Å²) in [5.74, 6) is 3.76. The van der Waals surface area contributed by atoms with Gasteiger partial charge in [0, 0.05) is 0 Å². The predicted molar refractivity (Wildman–Crippen MR) is 140 cm³/mol. The average Bonchev–Trinajstić information content (AvgIpc) is 2.89. The lowest BCUT2D eigenvalue weighted by molar-refractivity contribution is 0.268. The second-order valence-electron chi connectivity index (χ2n) is 10.2. The predicted octanol–water partition coefficient (Wildman–Crippen LogP) is 9.65. The number of halogens is 2. The fraction of sp³-hybridized carbons (Fsp3) is 0.613. The van der Waals surface area contributed by atoms with Gasteiger partial charge in [0.15, 0.2) is 0 Å².